The van der Waals surface area contributed by atoms with Crippen LogP contribution < -0.4 is 4.74 Å². The van der Waals surface area contributed by atoms with Crippen molar-refractivity contribution in [1.29, 1.82) is 0 Å². The first-order valence-corrected chi connectivity index (χ1v) is 8.63. The first kappa shape index (κ1) is 17.4. The lowest BCUT2D eigenvalue weighted by Gasteiger charge is -2.16. The van der Waals surface area contributed by atoms with Crippen molar-refractivity contribution in [3.05, 3.63) is 53.1 Å². The molecule has 3 rings (SSSR count). The minimum Gasteiger partial charge on any atom is -0.497 e. The van der Waals surface area contributed by atoms with Crippen molar-refractivity contribution in [3.8, 4) is 5.75 Å². The van der Waals surface area contributed by atoms with Crippen molar-refractivity contribution in [2.45, 2.75) is 52.1 Å². The Morgan fingerprint density at radius 3 is 2.56 bits per heavy atom. The van der Waals surface area contributed by atoms with E-state index in [0.717, 1.165) is 34.8 Å². The summed E-state index contributed by atoms with van der Waals surface area (Å²) >= 11 is 0. The van der Waals surface area contributed by atoms with E-state index in [4.69, 9.17) is 4.74 Å². The molecular weight excluding hydrogens is 314 g/mol. The number of carbonyl (C=O) groups excluding carboxylic acids is 1. The number of carbonyl (C=O) groups is 1. The molecule has 1 amide bonds. The summed E-state index contributed by atoms with van der Waals surface area (Å²) in [5.41, 5.74) is 3.10. The Labute approximate surface area is 149 Å². The minimum atomic E-state index is -0.0825. The molecule has 0 radical (unpaired) electrons. The van der Waals surface area contributed by atoms with Crippen molar-refractivity contribution in [1.82, 2.24) is 14.9 Å². The summed E-state index contributed by atoms with van der Waals surface area (Å²) in [7, 11) is 1.65. The molecule has 1 aliphatic rings. The molecule has 0 N–H and O–H groups in total. The molecule has 1 aromatic carbocycles. The smallest absolute Gasteiger partial charge is 0.223 e. The maximum Gasteiger partial charge on any atom is 0.223 e. The number of amides is 1. The average Bonchev–Trinajstić information content (AvgIpc) is 3.02. The molecule has 1 aromatic heterocycles. The number of benzene rings is 1. The molecule has 2 aromatic rings. The molecule has 25 heavy (non-hydrogen) atoms. The molecule has 0 fully saturated rings. The quantitative estimate of drug-likeness (QED) is 0.858. The van der Waals surface area contributed by atoms with E-state index in [-0.39, 0.29) is 11.3 Å². The molecule has 1 aliphatic heterocycles. The monoisotopic (exact) mass is 339 g/mol. The van der Waals surface area contributed by atoms with Crippen molar-refractivity contribution in [2.75, 3.05) is 7.11 Å². The van der Waals surface area contributed by atoms with Crippen molar-refractivity contribution in [2.24, 2.45) is 0 Å². The van der Waals surface area contributed by atoms with Gasteiger partial charge < -0.3 is 9.64 Å². The Bertz CT molecular complexity index is 764. The topological polar surface area (TPSA) is 55.3 Å². The number of methoxy groups -OCH3 is 1. The summed E-state index contributed by atoms with van der Waals surface area (Å²) in [5, 5.41) is 0. The fourth-order valence-corrected chi connectivity index (χ4v) is 2.89. The molecule has 0 aliphatic carbocycles. The molecule has 5 heteroatoms. The fraction of sp³-hybridized carbons (Fsp3) is 0.450. The fourth-order valence-electron chi connectivity index (χ4n) is 2.89. The summed E-state index contributed by atoms with van der Waals surface area (Å²) in [5.74, 6) is 1.82. The number of hydrogen-bond acceptors (Lipinski definition) is 4. The normalized spacial score (nSPS) is 13.7. The predicted octanol–water partition coefficient (Wildman–Crippen LogP) is 3.26. The van der Waals surface area contributed by atoms with Crippen LogP contribution in [0.2, 0.25) is 0 Å². The standard InChI is InChI=1S/C20H25N3O2/c1-20(2,3)19-21-11-15-12-23(13-17(15)22-19)18(24)10-7-14-5-8-16(25-4)9-6-14/h5-6,8-9,11H,7,10,12-13H2,1-4H3. The third-order valence-electron chi connectivity index (χ3n) is 4.47. The van der Waals surface area contributed by atoms with E-state index in [1.807, 2.05) is 35.4 Å². The average molecular weight is 339 g/mol. The first-order chi connectivity index (χ1) is 11.9. The van der Waals surface area contributed by atoms with Crippen LogP contribution in [-0.2, 0) is 29.7 Å². The lowest BCUT2D eigenvalue weighted by atomic mass is 9.95. The maximum atomic E-state index is 12.5. The van der Waals surface area contributed by atoms with Crippen molar-refractivity contribution in [3.63, 3.8) is 0 Å². The highest BCUT2D eigenvalue weighted by Crippen LogP contribution is 2.25. The number of nitrogens with zero attached hydrogens (tertiary/aromatic N) is 3. The van der Waals surface area contributed by atoms with Crippen molar-refractivity contribution < 1.29 is 9.53 Å². The van der Waals surface area contributed by atoms with Gasteiger partial charge in [-0.3, -0.25) is 4.79 Å². The summed E-state index contributed by atoms with van der Waals surface area (Å²) in [6, 6.07) is 7.86. The Balaban J connectivity index is 1.60. The van der Waals surface area contributed by atoms with Gasteiger partial charge in [0.15, 0.2) is 0 Å². The second-order valence-electron chi connectivity index (χ2n) is 7.51. The first-order valence-electron chi connectivity index (χ1n) is 8.63. The second-order valence-corrected chi connectivity index (χ2v) is 7.51. The van der Waals surface area contributed by atoms with Gasteiger partial charge in [-0.2, -0.15) is 0 Å². The van der Waals surface area contributed by atoms with E-state index < -0.39 is 0 Å². The van der Waals surface area contributed by atoms with Gasteiger partial charge in [0.2, 0.25) is 5.91 Å². The van der Waals surface area contributed by atoms with E-state index in [9.17, 15) is 4.79 Å². The van der Waals surface area contributed by atoms with Gasteiger partial charge in [0, 0.05) is 30.1 Å². The number of aromatic nitrogens is 2. The Morgan fingerprint density at radius 2 is 1.92 bits per heavy atom. The van der Waals surface area contributed by atoms with Gasteiger partial charge in [0.25, 0.3) is 0 Å². The SMILES string of the molecule is COc1ccc(CCC(=O)N2Cc3cnc(C(C)(C)C)nc3C2)cc1. The van der Waals surface area contributed by atoms with Crippen LogP contribution in [0.15, 0.2) is 30.5 Å². The number of hydrogen-bond donors (Lipinski definition) is 0. The molecule has 0 spiro atoms. The predicted molar refractivity (Wildman–Crippen MR) is 96.3 cm³/mol. The number of aryl methyl sites for hydroxylation is 1. The van der Waals surface area contributed by atoms with Crippen LogP contribution in [0.1, 0.15) is 49.8 Å². The van der Waals surface area contributed by atoms with E-state index in [0.29, 0.717) is 19.5 Å². The van der Waals surface area contributed by atoms with Gasteiger partial charge in [-0.25, -0.2) is 9.97 Å². The third kappa shape index (κ3) is 3.98. The molecular formula is C20H25N3O2. The van der Waals surface area contributed by atoms with Gasteiger partial charge in [-0.05, 0) is 24.1 Å². The highest BCUT2D eigenvalue weighted by molar-refractivity contribution is 5.77. The van der Waals surface area contributed by atoms with Gasteiger partial charge in [-0.15, -0.1) is 0 Å². The highest BCUT2D eigenvalue weighted by Gasteiger charge is 2.27. The second kappa shape index (κ2) is 6.82. The third-order valence-corrected chi connectivity index (χ3v) is 4.47. The van der Waals surface area contributed by atoms with Crippen LogP contribution in [0.5, 0.6) is 5.75 Å². The van der Waals surface area contributed by atoms with E-state index in [1.54, 1.807) is 7.11 Å². The van der Waals surface area contributed by atoms with E-state index in [1.165, 1.54) is 0 Å². The van der Waals surface area contributed by atoms with Gasteiger partial charge in [0.1, 0.15) is 11.6 Å². The maximum absolute atomic E-state index is 12.5. The molecule has 0 saturated carbocycles. The number of rotatable bonds is 4. The van der Waals surface area contributed by atoms with Crippen LogP contribution in [0.4, 0.5) is 0 Å². The van der Waals surface area contributed by atoms with Gasteiger partial charge >= 0.3 is 0 Å². The van der Waals surface area contributed by atoms with E-state index in [2.05, 4.69) is 30.7 Å². The Morgan fingerprint density at radius 1 is 1.20 bits per heavy atom. The Kier molecular flexibility index (Phi) is 4.75. The highest BCUT2D eigenvalue weighted by atomic mass is 16.5. The molecule has 0 saturated heterocycles. The molecule has 5 nitrogen and oxygen atoms in total. The van der Waals surface area contributed by atoms with Crippen molar-refractivity contribution >= 4 is 5.91 Å². The van der Waals surface area contributed by atoms with E-state index >= 15 is 0 Å². The van der Waals surface area contributed by atoms with Crippen LogP contribution in [-0.4, -0.2) is 27.9 Å². The molecule has 0 atom stereocenters. The molecule has 0 unspecified atom stereocenters. The summed E-state index contributed by atoms with van der Waals surface area (Å²) in [6.45, 7) is 7.49. The van der Waals surface area contributed by atoms with Gasteiger partial charge in [0.05, 0.1) is 19.3 Å². The summed E-state index contributed by atoms with van der Waals surface area (Å²) < 4.78 is 5.16. The zero-order valence-corrected chi connectivity index (χ0v) is 15.4. The lowest BCUT2D eigenvalue weighted by Crippen LogP contribution is -2.25. The van der Waals surface area contributed by atoms with Crippen LogP contribution in [0.25, 0.3) is 0 Å². The molecule has 132 valence electrons. The number of fused-ring (bicyclic) bond motifs is 1. The van der Waals surface area contributed by atoms with Crippen LogP contribution in [0, 0.1) is 0 Å². The Hall–Kier alpha value is -2.43. The number of ether oxygens (including phenoxy) is 1. The summed E-state index contributed by atoms with van der Waals surface area (Å²) in [6.07, 6.45) is 3.11. The summed E-state index contributed by atoms with van der Waals surface area (Å²) in [4.78, 5) is 23.6. The largest absolute Gasteiger partial charge is 0.497 e. The molecule has 0 bridgehead atoms. The zero-order chi connectivity index (χ0) is 18.0. The van der Waals surface area contributed by atoms with Crippen LogP contribution in [0.3, 0.4) is 0 Å². The minimum absolute atomic E-state index is 0.0825. The van der Waals surface area contributed by atoms with Gasteiger partial charge in [-0.1, -0.05) is 32.9 Å². The van der Waals surface area contributed by atoms with Crippen LogP contribution >= 0.6 is 0 Å². The lowest BCUT2D eigenvalue weighted by molar-refractivity contribution is -0.131. The molecule has 2 heterocycles. The zero-order valence-electron chi connectivity index (χ0n) is 15.4.